The number of methoxy groups -OCH3 is 2. The second-order valence-corrected chi connectivity index (χ2v) is 5.77. The summed E-state index contributed by atoms with van der Waals surface area (Å²) in [5.74, 6) is -0.591. The van der Waals surface area contributed by atoms with Gasteiger partial charge < -0.3 is 14.3 Å². The highest BCUT2D eigenvalue weighted by atomic mass is 19.4. The van der Waals surface area contributed by atoms with Crippen molar-refractivity contribution >= 4 is 17.3 Å². The van der Waals surface area contributed by atoms with Gasteiger partial charge in [0, 0.05) is 5.56 Å². The van der Waals surface area contributed by atoms with Gasteiger partial charge in [-0.05, 0) is 24.6 Å². The van der Waals surface area contributed by atoms with Crippen LogP contribution in [0.2, 0.25) is 0 Å². The molecule has 0 saturated heterocycles. The molecule has 0 spiro atoms. The number of hydrogen-bond donors (Lipinski definition) is 0. The number of aromatic nitrogens is 1. The normalized spacial score (nSPS) is 12.5. The minimum Gasteiger partial charge on any atom is -0.503 e. The van der Waals surface area contributed by atoms with Crippen molar-refractivity contribution in [2.24, 2.45) is 5.16 Å². The number of halogens is 3. The number of hydrogen-bond acceptors (Lipinski definition) is 6. The van der Waals surface area contributed by atoms with Crippen molar-refractivity contribution in [3.8, 4) is 0 Å². The van der Waals surface area contributed by atoms with Gasteiger partial charge in [-0.1, -0.05) is 35.5 Å². The third kappa shape index (κ3) is 5.81. The van der Waals surface area contributed by atoms with Crippen LogP contribution in [0.3, 0.4) is 0 Å². The Morgan fingerprint density at radius 1 is 1.14 bits per heavy atom. The minimum absolute atomic E-state index is 0.0372. The fraction of sp³-hybridized carbons (Fsp3) is 0.250. The molecule has 1 aromatic heterocycles. The highest BCUT2D eigenvalue weighted by molar-refractivity contribution is 6.16. The number of rotatable bonds is 7. The number of pyridine rings is 1. The molecule has 29 heavy (non-hydrogen) atoms. The maximum atomic E-state index is 12.8. The molecule has 0 N–H and O–H groups in total. The van der Waals surface area contributed by atoms with Crippen LogP contribution in [0, 0.1) is 0 Å². The molecule has 0 bridgehead atoms. The quantitative estimate of drug-likeness (QED) is 0.226. The van der Waals surface area contributed by atoms with Gasteiger partial charge in [0.2, 0.25) is 0 Å². The highest BCUT2D eigenvalue weighted by Gasteiger charge is 2.32. The number of nitrogens with zero attached hydrogens (tertiary/aromatic N) is 2. The Kier molecular flexibility index (Phi) is 7.35. The van der Waals surface area contributed by atoms with Gasteiger partial charge >= 0.3 is 12.1 Å². The topological polar surface area (TPSA) is 70.0 Å². The summed E-state index contributed by atoms with van der Waals surface area (Å²) in [5, 5.41) is 3.84. The second kappa shape index (κ2) is 9.72. The summed E-state index contributed by atoms with van der Waals surface area (Å²) in [6.45, 7) is 1.45. The van der Waals surface area contributed by atoms with E-state index in [1.54, 1.807) is 24.3 Å². The van der Waals surface area contributed by atoms with Crippen LogP contribution in [0.15, 0.2) is 53.9 Å². The molecule has 0 unspecified atom stereocenters. The summed E-state index contributed by atoms with van der Waals surface area (Å²) < 4.78 is 48.1. The zero-order valence-electron chi connectivity index (χ0n) is 16.0. The Labute approximate surface area is 165 Å². The number of carbonyl (C=O) groups is 1. The van der Waals surface area contributed by atoms with Gasteiger partial charge in [-0.3, -0.25) is 0 Å². The Balaban J connectivity index is 2.21. The standard InChI is InChI=1S/C20H19F3N2O4/c1-13(17-9-6-10-18(24-17)20(21,22)23)25-29-11-14-7-4-5-8-15(14)16(12-27-2)19(26)28-3/h4-10,12H,11H2,1-3H3/b16-12+,25-13+. The van der Waals surface area contributed by atoms with E-state index in [9.17, 15) is 18.0 Å². The van der Waals surface area contributed by atoms with Crippen molar-refractivity contribution < 1.29 is 32.3 Å². The van der Waals surface area contributed by atoms with Crippen LogP contribution in [0.25, 0.3) is 5.57 Å². The largest absolute Gasteiger partial charge is 0.503 e. The summed E-state index contributed by atoms with van der Waals surface area (Å²) in [5.41, 5.74) is 0.523. The lowest BCUT2D eigenvalue weighted by Crippen LogP contribution is -2.11. The van der Waals surface area contributed by atoms with Crippen molar-refractivity contribution in [3.63, 3.8) is 0 Å². The predicted octanol–water partition coefficient (Wildman–Crippen LogP) is 4.20. The maximum absolute atomic E-state index is 12.8. The van der Waals surface area contributed by atoms with E-state index in [-0.39, 0.29) is 23.6 Å². The van der Waals surface area contributed by atoms with E-state index in [0.717, 1.165) is 6.07 Å². The molecule has 0 saturated carbocycles. The minimum atomic E-state index is -4.55. The van der Waals surface area contributed by atoms with E-state index in [1.165, 1.54) is 39.5 Å². The third-order valence-corrected chi connectivity index (χ3v) is 3.78. The molecule has 154 valence electrons. The van der Waals surface area contributed by atoms with Crippen LogP contribution >= 0.6 is 0 Å². The first-order valence-corrected chi connectivity index (χ1v) is 8.38. The van der Waals surface area contributed by atoms with E-state index in [0.29, 0.717) is 11.1 Å². The maximum Gasteiger partial charge on any atom is 0.433 e. The number of benzene rings is 1. The first-order valence-electron chi connectivity index (χ1n) is 8.38. The fourth-order valence-corrected chi connectivity index (χ4v) is 2.40. The molecule has 2 aromatic rings. The van der Waals surface area contributed by atoms with Crippen LogP contribution in [0.5, 0.6) is 0 Å². The molecule has 0 aliphatic rings. The third-order valence-electron chi connectivity index (χ3n) is 3.78. The van der Waals surface area contributed by atoms with Gasteiger partial charge in [-0.15, -0.1) is 0 Å². The highest BCUT2D eigenvalue weighted by Crippen LogP contribution is 2.27. The molecular formula is C20H19F3N2O4. The van der Waals surface area contributed by atoms with Crippen molar-refractivity contribution in [1.82, 2.24) is 4.98 Å². The SMILES string of the molecule is CO/C=C(/C(=O)OC)c1ccccc1CO/N=C(\C)c1cccc(C(F)(F)F)n1. The van der Waals surface area contributed by atoms with Gasteiger partial charge in [0.05, 0.1) is 26.2 Å². The molecule has 6 nitrogen and oxygen atoms in total. The Hall–Kier alpha value is -3.36. The average Bonchev–Trinajstić information content (AvgIpc) is 2.71. The molecular weight excluding hydrogens is 389 g/mol. The summed E-state index contributed by atoms with van der Waals surface area (Å²) in [6.07, 6.45) is -3.29. The fourth-order valence-electron chi connectivity index (χ4n) is 2.40. The number of oxime groups is 1. The summed E-state index contributed by atoms with van der Waals surface area (Å²) in [7, 11) is 2.65. The zero-order valence-corrected chi connectivity index (χ0v) is 16.0. The molecule has 1 heterocycles. The van der Waals surface area contributed by atoms with Crippen molar-refractivity contribution in [2.45, 2.75) is 19.7 Å². The predicted molar refractivity (Wildman–Crippen MR) is 99.7 cm³/mol. The van der Waals surface area contributed by atoms with Gasteiger partial charge in [0.1, 0.15) is 23.6 Å². The number of alkyl halides is 3. The van der Waals surface area contributed by atoms with Crippen molar-refractivity contribution in [3.05, 3.63) is 71.2 Å². The van der Waals surface area contributed by atoms with Gasteiger partial charge in [-0.25, -0.2) is 9.78 Å². The van der Waals surface area contributed by atoms with Crippen LogP contribution in [0.1, 0.15) is 29.4 Å². The van der Waals surface area contributed by atoms with Crippen LogP contribution < -0.4 is 0 Å². The zero-order chi connectivity index (χ0) is 21.4. The lowest BCUT2D eigenvalue weighted by molar-refractivity contribution is -0.141. The van der Waals surface area contributed by atoms with Crippen molar-refractivity contribution in [2.75, 3.05) is 14.2 Å². The lowest BCUT2D eigenvalue weighted by Gasteiger charge is -2.11. The van der Waals surface area contributed by atoms with Gasteiger partial charge in [0.25, 0.3) is 0 Å². The number of carbonyl (C=O) groups excluding carboxylic acids is 1. The van der Waals surface area contributed by atoms with E-state index >= 15 is 0 Å². The Morgan fingerprint density at radius 2 is 1.86 bits per heavy atom. The lowest BCUT2D eigenvalue weighted by atomic mass is 10.0. The molecule has 0 amide bonds. The molecule has 0 aliphatic heterocycles. The number of ether oxygens (including phenoxy) is 2. The summed E-state index contributed by atoms with van der Waals surface area (Å²) >= 11 is 0. The van der Waals surface area contributed by atoms with Gasteiger partial charge in [-0.2, -0.15) is 13.2 Å². The average molecular weight is 408 g/mol. The monoisotopic (exact) mass is 408 g/mol. The molecule has 0 aliphatic carbocycles. The molecule has 9 heteroatoms. The summed E-state index contributed by atoms with van der Waals surface area (Å²) in [6, 6.07) is 10.4. The van der Waals surface area contributed by atoms with Crippen LogP contribution in [0.4, 0.5) is 13.2 Å². The Morgan fingerprint density at radius 3 is 2.52 bits per heavy atom. The smallest absolute Gasteiger partial charge is 0.433 e. The van der Waals surface area contributed by atoms with E-state index in [1.807, 2.05) is 0 Å². The molecule has 0 fully saturated rings. The second-order valence-electron chi connectivity index (χ2n) is 5.77. The molecule has 0 atom stereocenters. The Bertz CT molecular complexity index is 924. The molecule has 0 radical (unpaired) electrons. The van der Waals surface area contributed by atoms with E-state index in [2.05, 4.69) is 10.1 Å². The van der Waals surface area contributed by atoms with Crippen molar-refractivity contribution in [1.29, 1.82) is 0 Å². The molecule has 2 rings (SSSR count). The number of esters is 1. The van der Waals surface area contributed by atoms with Gasteiger partial charge in [0.15, 0.2) is 0 Å². The van der Waals surface area contributed by atoms with E-state index < -0.39 is 17.8 Å². The van der Waals surface area contributed by atoms with Crippen LogP contribution in [-0.4, -0.2) is 30.9 Å². The first-order chi connectivity index (χ1) is 13.8. The van der Waals surface area contributed by atoms with Crippen LogP contribution in [-0.2, 0) is 31.9 Å². The molecule has 1 aromatic carbocycles. The first kappa shape index (κ1) is 21.9. The van der Waals surface area contributed by atoms with E-state index in [4.69, 9.17) is 14.3 Å². The summed E-state index contributed by atoms with van der Waals surface area (Å²) in [4.78, 5) is 20.8.